The molecule has 0 radical (unpaired) electrons. The van der Waals surface area contributed by atoms with Crippen LogP contribution in [-0.4, -0.2) is 57.6 Å². The molecule has 4 heterocycles. The fourth-order valence-electron chi connectivity index (χ4n) is 4.05. The Balaban J connectivity index is 0.00000150. The van der Waals surface area contributed by atoms with Crippen molar-refractivity contribution >= 4 is 30.7 Å². The molecule has 0 saturated carbocycles. The monoisotopic (exact) mass is 440 g/mol. The van der Waals surface area contributed by atoms with Crippen LogP contribution in [-0.2, 0) is 11.3 Å². The molecule has 29 heavy (non-hydrogen) atoms. The molecule has 2 fully saturated rings. The highest BCUT2D eigenvalue weighted by atomic mass is 35.5. The van der Waals surface area contributed by atoms with E-state index in [9.17, 15) is 4.79 Å². The van der Waals surface area contributed by atoms with E-state index in [-0.39, 0.29) is 36.8 Å². The third-order valence-corrected chi connectivity index (χ3v) is 5.53. The molecule has 4 rings (SSSR count). The molecule has 1 amide bonds. The number of pyridine rings is 1. The number of aromatic nitrogens is 3. The van der Waals surface area contributed by atoms with Gasteiger partial charge in [0.15, 0.2) is 0 Å². The minimum absolute atomic E-state index is 0. The Hall–Kier alpha value is -1.67. The molecule has 2 aliphatic rings. The van der Waals surface area contributed by atoms with E-state index in [1.807, 2.05) is 23.0 Å². The van der Waals surface area contributed by atoms with E-state index in [1.165, 1.54) is 18.4 Å². The van der Waals surface area contributed by atoms with E-state index in [4.69, 9.17) is 0 Å². The summed E-state index contributed by atoms with van der Waals surface area (Å²) in [7, 11) is 0. The lowest BCUT2D eigenvalue weighted by Crippen LogP contribution is -2.45. The molecule has 2 aromatic rings. The molecule has 2 saturated heterocycles. The minimum Gasteiger partial charge on any atom is -0.354 e. The quantitative estimate of drug-likeness (QED) is 0.719. The maximum Gasteiger partial charge on any atom is 0.237 e. The topological polar surface area (TPSA) is 75.1 Å². The predicted molar refractivity (Wildman–Crippen MR) is 118 cm³/mol. The third-order valence-electron chi connectivity index (χ3n) is 5.53. The summed E-state index contributed by atoms with van der Waals surface area (Å²) in [5.41, 5.74) is 1.22. The van der Waals surface area contributed by atoms with Gasteiger partial charge in [-0.05, 0) is 56.3 Å². The van der Waals surface area contributed by atoms with Crippen LogP contribution in [0.25, 0.3) is 5.82 Å². The van der Waals surface area contributed by atoms with E-state index < -0.39 is 0 Å². The van der Waals surface area contributed by atoms with E-state index in [0.29, 0.717) is 5.92 Å². The van der Waals surface area contributed by atoms with Crippen molar-refractivity contribution in [3.63, 3.8) is 0 Å². The molecule has 2 N–H and O–H groups in total. The Morgan fingerprint density at radius 1 is 1.24 bits per heavy atom. The Morgan fingerprint density at radius 3 is 2.83 bits per heavy atom. The van der Waals surface area contributed by atoms with Gasteiger partial charge in [0.25, 0.3) is 0 Å². The largest absolute Gasteiger partial charge is 0.354 e. The van der Waals surface area contributed by atoms with Crippen LogP contribution in [0.1, 0.15) is 31.2 Å². The van der Waals surface area contributed by atoms with E-state index in [2.05, 4.69) is 31.6 Å². The first kappa shape index (κ1) is 23.6. The highest BCUT2D eigenvalue weighted by molar-refractivity contribution is 5.85. The van der Waals surface area contributed by atoms with Crippen LogP contribution in [0.3, 0.4) is 0 Å². The molecule has 2 aromatic heterocycles. The van der Waals surface area contributed by atoms with Gasteiger partial charge in [0.05, 0.1) is 6.04 Å². The Morgan fingerprint density at radius 2 is 2.14 bits per heavy atom. The Bertz CT molecular complexity index is 734. The molecular formula is C20H30Cl2N6O. The van der Waals surface area contributed by atoms with Crippen molar-refractivity contribution in [3.8, 4) is 5.82 Å². The first-order valence-electron chi connectivity index (χ1n) is 9.94. The lowest BCUT2D eigenvalue weighted by molar-refractivity contribution is -0.123. The molecule has 0 bridgehead atoms. The number of amides is 1. The van der Waals surface area contributed by atoms with Crippen molar-refractivity contribution < 1.29 is 4.79 Å². The average Bonchev–Trinajstić information content (AvgIpc) is 3.41. The zero-order valence-electron chi connectivity index (χ0n) is 16.5. The summed E-state index contributed by atoms with van der Waals surface area (Å²) in [5.74, 6) is 1.59. The second-order valence-electron chi connectivity index (χ2n) is 7.63. The highest BCUT2D eigenvalue weighted by Crippen LogP contribution is 2.18. The van der Waals surface area contributed by atoms with E-state index >= 15 is 0 Å². The van der Waals surface area contributed by atoms with Crippen molar-refractivity contribution in [2.75, 3.05) is 26.2 Å². The lowest BCUT2D eigenvalue weighted by atomic mass is 9.97. The Labute approximate surface area is 184 Å². The molecule has 7 nitrogen and oxygen atoms in total. The minimum atomic E-state index is 0. The molecule has 2 aliphatic heterocycles. The third kappa shape index (κ3) is 6.40. The van der Waals surface area contributed by atoms with Crippen LogP contribution in [0.4, 0.5) is 0 Å². The number of hydrogen-bond donors (Lipinski definition) is 2. The van der Waals surface area contributed by atoms with Gasteiger partial charge in [0, 0.05) is 38.2 Å². The van der Waals surface area contributed by atoms with Gasteiger partial charge in [-0.3, -0.25) is 14.3 Å². The number of imidazole rings is 1. The maximum atomic E-state index is 12.2. The maximum absolute atomic E-state index is 12.2. The van der Waals surface area contributed by atoms with E-state index in [0.717, 1.165) is 51.4 Å². The average molecular weight is 441 g/mol. The number of nitrogens with zero attached hydrogens (tertiary/aromatic N) is 4. The number of hydrogen-bond acceptors (Lipinski definition) is 5. The number of carbonyl (C=O) groups is 1. The van der Waals surface area contributed by atoms with Crippen LogP contribution in [0.2, 0.25) is 0 Å². The van der Waals surface area contributed by atoms with Gasteiger partial charge >= 0.3 is 0 Å². The molecule has 2 atom stereocenters. The summed E-state index contributed by atoms with van der Waals surface area (Å²) < 4.78 is 1.91. The number of piperidine rings is 1. The number of carbonyl (C=O) groups excluding carboxylic acids is 1. The van der Waals surface area contributed by atoms with Crippen molar-refractivity contribution in [3.05, 3.63) is 42.6 Å². The van der Waals surface area contributed by atoms with Gasteiger partial charge in [-0.15, -0.1) is 24.8 Å². The first-order chi connectivity index (χ1) is 13.3. The summed E-state index contributed by atoms with van der Waals surface area (Å²) in [6, 6.07) is 4.19. The van der Waals surface area contributed by atoms with Crippen molar-refractivity contribution in [2.24, 2.45) is 5.92 Å². The smallest absolute Gasteiger partial charge is 0.237 e. The summed E-state index contributed by atoms with van der Waals surface area (Å²) in [5, 5.41) is 6.42. The second-order valence-corrected chi connectivity index (χ2v) is 7.63. The second kappa shape index (κ2) is 11.5. The standard InChI is InChI=1S/C20H28N6O.2ClH/c27-20(18-4-1-7-22-18)24-12-16-3-2-9-25(13-16)14-17-5-6-19(23-11-17)26-10-8-21-15-26;;/h5-6,8,10-11,15-16,18,22H,1-4,7,9,12-14H2,(H,24,27);2*1H. The molecule has 160 valence electrons. The summed E-state index contributed by atoms with van der Waals surface area (Å²) in [4.78, 5) is 23.3. The number of halogens is 2. The zero-order valence-corrected chi connectivity index (χ0v) is 18.1. The van der Waals surface area contributed by atoms with Gasteiger partial charge in [-0.1, -0.05) is 6.07 Å². The molecule has 2 unspecified atom stereocenters. The number of likely N-dealkylation sites (tertiary alicyclic amines) is 1. The molecule has 0 spiro atoms. The molecule has 9 heteroatoms. The van der Waals surface area contributed by atoms with Gasteiger partial charge in [-0.25, -0.2) is 9.97 Å². The Kier molecular flexibility index (Phi) is 9.36. The molecular weight excluding hydrogens is 411 g/mol. The predicted octanol–water partition coefficient (Wildman–Crippen LogP) is 2.19. The summed E-state index contributed by atoms with van der Waals surface area (Å²) >= 11 is 0. The van der Waals surface area contributed by atoms with Crippen molar-refractivity contribution in [2.45, 2.75) is 38.3 Å². The normalized spacial score (nSPS) is 21.8. The van der Waals surface area contributed by atoms with Crippen LogP contribution in [0, 0.1) is 5.92 Å². The van der Waals surface area contributed by atoms with Crippen LogP contribution in [0.5, 0.6) is 0 Å². The summed E-state index contributed by atoms with van der Waals surface area (Å²) in [6.07, 6.45) is 11.8. The van der Waals surface area contributed by atoms with Gasteiger partial charge in [-0.2, -0.15) is 0 Å². The van der Waals surface area contributed by atoms with E-state index in [1.54, 1.807) is 12.5 Å². The van der Waals surface area contributed by atoms with Crippen LogP contribution >= 0.6 is 24.8 Å². The number of nitrogens with one attached hydrogen (secondary N) is 2. The fourth-order valence-corrected chi connectivity index (χ4v) is 4.05. The fraction of sp³-hybridized carbons (Fsp3) is 0.550. The SMILES string of the molecule is Cl.Cl.O=C(NCC1CCCN(Cc2ccc(-n3ccnc3)nc2)C1)C1CCCN1. The molecule has 0 aliphatic carbocycles. The van der Waals surface area contributed by atoms with Gasteiger partial charge in [0.2, 0.25) is 5.91 Å². The highest BCUT2D eigenvalue weighted by Gasteiger charge is 2.24. The van der Waals surface area contributed by atoms with Crippen LogP contribution < -0.4 is 10.6 Å². The van der Waals surface area contributed by atoms with Crippen molar-refractivity contribution in [1.82, 2.24) is 30.1 Å². The van der Waals surface area contributed by atoms with Gasteiger partial charge in [0.1, 0.15) is 12.1 Å². The van der Waals surface area contributed by atoms with Crippen LogP contribution in [0.15, 0.2) is 37.1 Å². The van der Waals surface area contributed by atoms with Gasteiger partial charge < -0.3 is 10.6 Å². The van der Waals surface area contributed by atoms with Crippen molar-refractivity contribution in [1.29, 1.82) is 0 Å². The lowest BCUT2D eigenvalue weighted by Gasteiger charge is -2.33. The first-order valence-corrected chi connectivity index (χ1v) is 9.94. The molecule has 0 aromatic carbocycles. The number of rotatable bonds is 6. The zero-order chi connectivity index (χ0) is 18.5. The summed E-state index contributed by atoms with van der Waals surface area (Å²) in [6.45, 7) is 4.79.